The Balaban J connectivity index is 1.43. The summed E-state index contributed by atoms with van der Waals surface area (Å²) in [4.78, 5) is 19.9. The number of piperidine rings is 1. The molecule has 2 aromatic carbocycles. The molecule has 0 spiro atoms. The lowest BCUT2D eigenvalue weighted by molar-refractivity contribution is -0.123. The molecule has 0 radical (unpaired) electrons. The third-order valence-corrected chi connectivity index (χ3v) is 9.87. The van der Waals surface area contributed by atoms with Crippen LogP contribution >= 0.6 is 11.3 Å². The molecule has 13 heteroatoms. The van der Waals surface area contributed by atoms with Crippen LogP contribution in [0.5, 0.6) is 5.75 Å². The molecule has 9 nitrogen and oxygen atoms in total. The van der Waals surface area contributed by atoms with Crippen LogP contribution in [0.2, 0.25) is 0 Å². The molecule has 1 saturated heterocycles. The van der Waals surface area contributed by atoms with Gasteiger partial charge in [0.05, 0.1) is 34.9 Å². The maximum Gasteiger partial charge on any atom is 0.243 e. The normalized spacial score (nSPS) is 16.4. The standard InChI is InChI=1S/C27H29F2N5O4S2/c1-17-13-18(2)34(31-17)12-11-33(27-30-25-23(29)14-20(28)15-24(25)39-27)26(35)19-5-4-10-32(16-19)40(36,37)22-8-6-21(38-3)7-9-22/h6-9,13-15,19H,4-5,10-12,16H2,1-3H3. The molecule has 1 amide bonds. The Morgan fingerprint density at radius 1 is 1.18 bits per heavy atom. The minimum Gasteiger partial charge on any atom is -0.497 e. The van der Waals surface area contributed by atoms with Gasteiger partial charge in [0.1, 0.15) is 17.1 Å². The van der Waals surface area contributed by atoms with E-state index in [4.69, 9.17) is 4.74 Å². The number of fused-ring (bicyclic) bond motifs is 1. The second kappa shape index (κ2) is 11.2. The van der Waals surface area contributed by atoms with Crippen molar-refractivity contribution in [2.75, 3.05) is 31.6 Å². The van der Waals surface area contributed by atoms with Gasteiger partial charge in [0.15, 0.2) is 10.9 Å². The molecule has 1 fully saturated rings. The predicted octanol–water partition coefficient (Wildman–Crippen LogP) is 4.53. The SMILES string of the molecule is COc1ccc(S(=O)(=O)N2CCCC(C(=O)N(CCn3nc(C)cc3C)c3nc4c(F)cc(F)cc4s3)C2)cc1. The van der Waals surface area contributed by atoms with E-state index in [9.17, 15) is 22.0 Å². The number of carbonyl (C=O) groups is 1. The summed E-state index contributed by atoms with van der Waals surface area (Å²) >= 11 is 1.02. The molecule has 1 aliphatic rings. The minimum absolute atomic E-state index is 0.00249. The highest BCUT2D eigenvalue weighted by Crippen LogP contribution is 2.33. The maximum absolute atomic E-state index is 14.5. The van der Waals surface area contributed by atoms with Gasteiger partial charge in [0.2, 0.25) is 15.9 Å². The van der Waals surface area contributed by atoms with E-state index in [1.54, 1.807) is 16.8 Å². The number of aryl methyl sites for hydroxylation is 2. The number of nitrogens with zero attached hydrogens (tertiary/aromatic N) is 5. The van der Waals surface area contributed by atoms with Gasteiger partial charge in [-0.1, -0.05) is 11.3 Å². The summed E-state index contributed by atoms with van der Waals surface area (Å²) in [5.74, 6) is -1.96. The lowest BCUT2D eigenvalue weighted by Crippen LogP contribution is -2.47. The van der Waals surface area contributed by atoms with Crippen LogP contribution in [0, 0.1) is 31.4 Å². The van der Waals surface area contributed by atoms with Crippen molar-refractivity contribution >= 4 is 42.6 Å². The fraction of sp³-hybridized carbons (Fsp3) is 0.370. The average Bonchev–Trinajstić information content (AvgIpc) is 3.50. The van der Waals surface area contributed by atoms with Crippen molar-refractivity contribution in [3.8, 4) is 5.75 Å². The lowest BCUT2D eigenvalue weighted by Gasteiger charge is -2.33. The van der Waals surface area contributed by atoms with Crippen molar-refractivity contribution in [1.82, 2.24) is 19.1 Å². The van der Waals surface area contributed by atoms with Gasteiger partial charge in [0, 0.05) is 31.4 Å². The Labute approximate surface area is 235 Å². The van der Waals surface area contributed by atoms with Crippen molar-refractivity contribution in [1.29, 1.82) is 0 Å². The smallest absolute Gasteiger partial charge is 0.243 e. The van der Waals surface area contributed by atoms with Crippen LogP contribution in [0.25, 0.3) is 10.2 Å². The number of methoxy groups -OCH3 is 1. The minimum atomic E-state index is -3.84. The summed E-state index contributed by atoms with van der Waals surface area (Å²) in [6.07, 6.45) is 0.981. The molecule has 3 heterocycles. The van der Waals surface area contributed by atoms with E-state index in [0.717, 1.165) is 28.8 Å². The Hall–Kier alpha value is -3.42. The molecular weight excluding hydrogens is 560 g/mol. The largest absolute Gasteiger partial charge is 0.497 e. The number of amides is 1. The van der Waals surface area contributed by atoms with Crippen LogP contribution in [0.15, 0.2) is 47.4 Å². The molecule has 0 saturated carbocycles. The summed E-state index contributed by atoms with van der Waals surface area (Å²) in [6, 6.07) is 9.99. The van der Waals surface area contributed by atoms with E-state index in [1.165, 1.54) is 34.5 Å². The quantitative estimate of drug-likeness (QED) is 0.300. The van der Waals surface area contributed by atoms with E-state index in [0.29, 0.717) is 25.1 Å². The van der Waals surface area contributed by atoms with Crippen molar-refractivity contribution in [3.63, 3.8) is 0 Å². The predicted molar refractivity (Wildman–Crippen MR) is 148 cm³/mol. The molecule has 0 aliphatic carbocycles. The number of rotatable bonds is 8. The third-order valence-electron chi connectivity index (χ3n) is 6.97. The number of anilines is 1. The summed E-state index contributed by atoms with van der Waals surface area (Å²) in [7, 11) is -2.34. The first-order chi connectivity index (χ1) is 19.1. The lowest BCUT2D eigenvalue weighted by atomic mass is 9.98. The maximum atomic E-state index is 14.5. The molecule has 1 atom stereocenters. The van der Waals surface area contributed by atoms with Crippen molar-refractivity contribution in [2.45, 2.75) is 38.1 Å². The number of aromatic nitrogens is 3. The fourth-order valence-electron chi connectivity index (χ4n) is 4.94. The van der Waals surface area contributed by atoms with Gasteiger partial charge in [0.25, 0.3) is 0 Å². The van der Waals surface area contributed by atoms with Crippen LogP contribution in [-0.4, -0.2) is 60.1 Å². The van der Waals surface area contributed by atoms with Gasteiger partial charge in [-0.15, -0.1) is 0 Å². The van der Waals surface area contributed by atoms with Gasteiger partial charge in [-0.3, -0.25) is 14.4 Å². The molecule has 2 aromatic heterocycles. The number of ether oxygens (including phenoxy) is 1. The zero-order valence-electron chi connectivity index (χ0n) is 22.3. The monoisotopic (exact) mass is 589 g/mol. The highest BCUT2D eigenvalue weighted by molar-refractivity contribution is 7.89. The number of sulfonamides is 1. The van der Waals surface area contributed by atoms with E-state index in [1.807, 2.05) is 19.9 Å². The van der Waals surface area contributed by atoms with Crippen molar-refractivity contribution in [3.05, 3.63) is 65.5 Å². The molecule has 212 valence electrons. The Bertz CT molecular complexity index is 1650. The fourth-order valence-corrected chi connectivity index (χ4v) is 7.50. The first-order valence-corrected chi connectivity index (χ1v) is 15.0. The average molecular weight is 590 g/mol. The van der Waals surface area contributed by atoms with E-state index < -0.39 is 27.6 Å². The Morgan fingerprint density at radius 3 is 2.60 bits per heavy atom. The number of benzene rings is 2. The Morgan fingerprint density at radius 2 is 1.93 bits per heavy atom. The number of hydrogen-bond donors (Lipinski definition) is 0. The zero-order chi connectivity index (χ0) is 28.6. The Kier molecular flexibility index (Phi) is 7.89. The first kappa shape index (κ1) is 28.1. The first-order valence-electron chi connectivity index (χ1n) is 12.8. The molecule has 0 bridgehead atoms. The second-order valence-corrected chi connectivity index (χ2v) is 12.7. The highest BCUT2D eigenvalue weighted by Gasteiger charge is 2.36. The topological polar surface area (TPSA) is 97.6 Å². The van der Waals surface area contributed by atoms with E-state index in [2.05, 4.69) is 10.1 Å². The van der Waals surface area contributed by atoms with Crippen LogP contribution in [0.1, 0.15) is 24.2 Å². The second-order valence-electron chi connectivity index (χ2n) is 9.75. The number of hydrogen-bond acceptors (Lipinski definition) is 7. The van der Waals surface area contributed by atoms with Crippen LogP contribution in [0.3, 0.4) is 0 Å². The molecule has 1 aliphatic heterocycles. The highest BCUT2D eigenvalue weighted by atomic mass is 32.2. The van der Waals surface area contributed by atoms with Crippen LogP contribution in [-0.2, 0) is 21.4 Å². The van der Waals surface area contributed by atoms with Gasteiger partial charge in [-0.2, -0.15) is 9.40 Å². The van der Waals surface area contributed by atoms with Crippen molar-refractivity contribution in [2.24, 2.45) is 5.92 Å². The summed E-state index contributed by atoms with van der Waals surface area (Å²) in [6.45, 7) is 4.58. The molecule has 4 aromatic rings. The number of halogens is 2. The summed E-state index contributed by atoms with van der Waals surface area (Å²) in [5, 5.41) is 4.69. The molecule has 5 rings (SSSR count). The number of thiazole rings is 1. The molecule has 0 N–H and O–H groups in total. The molecule has 40 heavy (non-hydrogen) atoms. The molecular formula is C27H29F2N5O4S2. The van der Waals surface area contributed by atoms with E-state index >= 15 is 0 Å². The third kappa shape index (κ3) is 5.58. The van der Waals surface area contributed by atoms with Crippen molar-refractivity contribution < 1.29 is 26.7 Å². The van der Waals surface area contributed by atoms with Gasteiger partial charge >= 0.3 is 0 Å². The summed E-state index contributed by atoms with van der Waals surface area (Å²) < 4.78 is 63.7. The van der Waals surface area contributed by atoms with Crippen LogP contribution < -0.4 is 9.64 Å². The summed E-state index contributed by atoms with van der Waals surface area (Å²) in [5.41, 5.74) is 1.73. The van der Waals surface area contributed by atoms with E-state index in [-0.39, 0.29) is 45.8 Å². The van der Waals surface area contributed by atoms with Gasteiger partial charge in [-0.25, -0.2) is 22.2 Å². The zero-order valence-corrected chi connectivity index (χ0v) is 23.9. The van der Waals surface area contributed by atoms with Gasteiger partial charge < -0.3 is 4.74 Å². The van der Waals surface area contributed by atoms with Crippen LogP contribution in [0.4, 0.5) is 13.9 Å². The molecule has 1 unspecified atom stereocenters. The van der Waals surface area contributed by atoms with Gasteiger partial charge in [-0.05, 0) is 63.1 Å². The number of carbonyl (C=O) groups excluding carboxylic acids is 1.